The maximum absolute atomic E-state index is 11.4. The predicted molar refractivity (Wildman–Crippen MR) is 74.7 cm³/mol. The largest absolute Gasteiger partial charge is 0.518 e. The zero-order valence-electron chi connectivity index (χ0n) is 12.6. The van der Waals surface area contributed by atoms with E-state index in [2.05, 4.69) is 11.8 Å². The number of hydrogen-bond acceptors (Lipinski definition) is 5. The van der Waals surface area contributed by atoms with E-state index in [1.54, 1.807) is 28.3 Å². The number of rotatable bonds is 6. The van der Waals surface area contributed by atoms with Crippen LogP contribution in [0.5, 0.6) is 0 Å². The minimum absolute atomic E-state index is 0.140. The summed E-state index contributed by atoms with van der Waals surface area (Å²) >= 11 is 0. The molecule has 1 atom stereocenters. The summed E-state index contributed by atoms with van der Waals surface area (Å²) in [5.74, 6) is 0.140. The van der Waals surface area contributed by atoms with E-state index in [-0.39, 0.29) is 11.6 Å². The molecule has 112 valence electrons. The topological polar surface area (TPSA) is 51.2 Å². The molecule has 1 heterocycles. The average Bonchev–Trinajstić information content (AvgIpc) is 2.45. The zero-order valence-corrected chi connectivity index (χ0v) is 13.6. The molecule has 0 saturated carbocycles. The van der Waals surface area contributed by atoms with Gasteiger partial charge in [0.15, 0.2) is 0 Å². The highest BCUT2D eigenvalue weighted by molar-refractivity contribution is 6.62. The average molecular weight is 290 g/mol. The van der Waals surface area contributed by atoms with Crippen molar-refractivity contribution in [3.05, 3.63) is 0 Å². The number of nitrogens with zero attached hydrogens (tertiary/aromatic N) is 2. The SMILES string of the molecule is CCC(N1CCN(C(C)=O)CC1)[Si](OC)(OC)OC. The Labute approximate surface area is 117 Å². The molecule has 1 unspecified atom stereocenters. The number of amides is 1. The van der Waals surface area contributed by atoms with Crippen LogP contribution in [0.4, 0.5) is 0 Å². The Kier molecular flexibility index (Phi) is 6.41. The van der Waals surface area contributed by atoms with Crippen LogP contribution < -0.4 is 0 Å². The molecular formula is C12H26N2O4Si. The lowest BCUT2D eigenvalue weighted by atomic mass is 10.3. The second-order valence-electron chi connectivity index (χ2n) is 4.68. The molecule has 0 bridgehead atoms. The third-order valence-corrected chi connectivity index (χ3v) is 7.15. The van der Waals surface area contributed by atoms with Gasteiger partial charge in [0.2, 0.25) is 5.91 Å². The van der Waals surface area contributed by atoms with Crippen molar-refractivity contribution in [1.29, 1.82) is 0 Å². The van der Waals surface area contributed by atoms with Crippen LogP contribution in [-0.2, 0) is 18.1 Å². The summed E-state index contributed by atoms with van der Waals surface area (Å²) in [6.07, 6.45) is 0.905. The number of carbonyl (C=O) groups is 1. The third-order valence-electron chi connectivity index (χ3n) is 3.85. The molecule has 0 radical (unpaired) electrons. The normalized spacial score (nSPS) is 19.5. The standard InChI is InChI=1S/C12H26N2O4Si/c1-6-12(19(16-3,17-4)18-5)14-9-7-13(8-10-14)11(2)15/h12H,6-10H2,1-5H3. The van der Waals surface area contributed by atoms with E-state index in [0.29, 0.717) is 0 Å². The van der Waals surface area contributed by atoms with Crippen molar-refractivity contribution in [3.63, 3.8) is 0 Å². The van der Waals surface area contributed by atoms with Crippen LogP contribution in [0, 0.1) is 0 Å². The Morgan fingerprint density at radius 1 is 1.11 bits per heavy atom. The first kappa shape index (κ1) is 16.6. The minimum Gasteiger partial charge on any atom is -0.376 e. The molecule has 6 nitrogen and oxygen atoms in total. The molecule has 19 heavy (non-hydrogen) atoms. The minimum atomic E-state index is -2.66. The highest BCUT2D eigenvalue weighted by Gasteiger charge is 2.49. The summed E-state index contributed by atoms with van der Waals surface area (Å²) in [6, 6.07) is 0. The first-order valence-corrected chi connectivity index (χ1v) is 8.49. The van der Waals surface area contributed by atoms with Gasteiger partial charge in [0.25, 0.3) is 0 Å². The zero-order chi connectivity index (χ0) is 14.5. The van der Waals surface area contributed by atoms with Gasteiger partial charge in [0.1, 0.15) is 0 Å². The number of piperazine rings is 1. The Morgan fingerprint density at radius 3 is 1.89 bits per heavy atom. The lowest BCUT2D eigenvalue weighted by Gasteiger charge is -2.43. The Bertz CT molecular complexity index is 283. The predicted octanol–water partition coefficient (Wildman–Crippen LogP) is 0.346. The quantitative estimate of drug-likeness (QED) is 0.661. The van der Waals surface area contributed by atoms with Crippen molar-refractivity contribution in [2.24, 2.45) is 0 Å². The third kappa shape index (κ3) is 3.54. The van der Waals surface area contributed by atoms with E-state index < -0.39 is 8.80 Å². The lowest BCUT2D eigenvalue weighted by molar-refractivity contribution is -0.130. The van der Waals surface area contributed by atoms with Gasteiger partial charge < -0.3 is 18.2 Å². The van der Waals surface area contributed by atoms with Crippen LogP contribution >= 0.6 is 0 Å². The van der Waals surface area contributed by atoms with Gasteiger partial charge in [0, 0.05) is 54.4 Å². The van der Waals surface area contributed by atoms with E-state index in [1.165, 1.54) is 0 Å². The Hall–Kier alpha value is -0.473. The fraction of sp³-hybridized carbons (Fsp3) is 0.917. The summed E-state index contributed by atoms with van der Waals surface area (Å²) in [4.78, 5) is 15.5. The van der Waals surface area contributed by atoms with E-state index in [9.17, 15) is 4.79 Å². The van der Waals surface area contributed by atoms with Gasteiger partial charge in [-0.3, -0.25) is 9.69 Å². The molecule has 0 aromatic rings. The van der Waals surface area contributed by atoms with E-state index in [4.69, 9.17) is 13.3 Å². The maximum atomic E-state index is 11.4. The molecular weight excluding hydrogens is 264 g/mol. The first-order valence-electron chi connectivity index (χ1n) is 6.69. The van der Waals surface area contributed by atoms with Crippen LogP contribution in [0.2, 0.25) is 0 Å². The molecule has 0 aromatic heterocycles. The summed E-state index contributed by atoms with van der Waals surface area (Å²) in [5.41, 5.74) is 0.140. The van der Waals surface area contributed by atoms with Crippen LogP contribution in [0.1, 0.15) is 20.3 Å². The van der Waals surface area contributed by atoms with Gasteiger partial charge in [-0.25, -0.2) is 0 Å². The number of carbonyl (C=O) groups excluding carboxylic acids is 1. The van der Waals surface area contributed by atoms with Gasteiger partial charge in [-0.2, -0.15) is 0 Å². The Morgan fingerprint density at radius 2 is 1.58 bits per heavy atom. The summed E-state index contributed by atoms with van der Waals surface area (Å²) in [5, 5.41) is 0. The second-order valence-corrected chi connectivity index (χ2v) is 7.78. The molecule has 0 spiro atoms. The van der Waals surface area contributed by atoms with E-state index in [1.807, 2.05) is 4.90 Å². The Balaban J connectivity index is 2.74. The molecule has 0 aromatic carbocycles. The van der Waals surface area contributed by atoms with Gasteiger partial charge in [0.05, 0.1) is 5.67 Å². The molecule has 0 aliphatic carbocycles. The second kappa shape index (κ2) is 7.35. The van der Waals surface area contributed by atoms with Crippen molar-refractivity contribution < 1.29 is 18.1 Å². The van der Waals surface area contributed by atoms with Crippen molar-refractivity contribution in [3.8, 4) is 0 Å². The van der Waals surface area contributed by atoms with Crippen LogP contribution in [0.3, 0.4) is 0 Å². The van der Waals surface area contributed by atoms with E-state index >= 15 is 0 Å². The fourth-order valence-electron chi connectivity index (χ4n) is 2.74. The monoisotopic (exact) mass is 290 g/mol. The molecule has 1 amide bonds. The first-order chi connectivity index (χ1) is 9.04. The van der Waals surface area contributed by atoms with Gasteiger partial charge in [-0.15, -0.1) is 0 Å². The van der Waals surface area contributed by atoms with Crippen LogP contribution in [-0.4, -0.2) is 77.7 Å². The van der Waals surface area contributed by atoms with Crippen molar-refractivity contribution >= 4 is 14.7 Å². The van der Waals surface area contributed by atoms with Crippen LogP contribution in [0.25, 0.3) is 0 Å². The van der Waals surface area contributed by atoms with Gasteiger partial charge >= 0.3 is 8.80 Å². The van der Waals surface area contributed by atoms with E-state index in [0.717, 1.165) is 32.6 Å². The molecule has 0 N–H and O–H groups in total. The maximum Gasteiger partial charge on any atom is 0.518 e. The highest BCUT2D eigenvalue weighted by Crippen LogP contribution is 2.22. The number of hydrogen-bond donors (Lipinski definition) is 0. The van der Waals surface area contributed by atoms with Crippen molar-refractivity contribution in [1.82, 2.24) is 9.80 Å². The van der Waals surface area contributed by atoms with Gasteiger partial charge in [-0.05, 0) is 6.42 Å². The summed E-state index contributed by atoms with van der Waals surface area (Å²) in [6.45, 7) is 6.92. The fourth-order valence-corrected chi connectivity index (χ4v) is 5.26. The van der Waals surface area contributed by atoms with Crippen molar-refractivity contribution in [2.45, 2.75) is 25.9 Å². The summed E-state index contributed by atoms with van der Waals surface area (Å²) in [7, 11) is 2.28. The van der Waals surface area contributed by atoms with Gasteiger partial charge in [-0.1, -0.05) is 6.92 Å². The molecule has 1 aliphatic rings. The van der Waals surface area contributed by atoms with Crippen LogP contribution in [0.15, 0.2) is 0 Å². The smallest absolute Gasteiger partial charge is 0.376 e. The lowest BCUT2D eigenvalue weighted by Crippen LogP contribution is -2.64. The highest BCUT2D eigenvalue weighted by atomic mass is 28.4. The molecule has 1 aliphatic heterocycles. The molecule has 1 fully saturated rings. The molecule has 7 heteroatoms. The molecule has 1 saturated heterocycles. The molecule has 1 rings (SSSR count). The summed E-state index contributed by atoms with van der Waals surface area (Å²) < 4.78 is 16.8. The van der Waals surface area contributed by atoms with Crippen molar-refractivity contribution in [2.75, 3.05) is 47.5 Å².